The van der Waals surface area contributed by atoms with Crippen LogP contribution in [0.2, 0.25) is 0 Å². The fourth-order valence-electron chi connectivity index (χ4n) is 0.644. The third-order valence-electron chi connectivity index (χ3n) is 1.15. The molecule has 0 unspecified atom stereocenters. The van der Waals surface area contributed by atoms with Gasteiger partial charge >= 0.3 is 0 Å². The van der Waals surface area contributed by atoms with Crippen LogP contribution in [0, 0.1) is 12.5 Å². The first kappa shape index (κ1) is 7.74. The largest absolute Gasteiger partial charge is 0.0845 e. The number of unbranched alkanes of at least 4 members (excludes halogenated alkanes) is 1. The Morgan fingerprint density at radius 3 is 2.50 bits per heavy atom. The summed E-state index contributed by atoms with van der Waals surface area (Å²) in [5.74, 6) is 0.829. The van der Waals surface area contributed by atoms with Crippen molar-refractivity contribution in [1.82, 2.24) is 0 Å². The average molecular weight is 111 g/mol. The van der Waals surface area contributed by atoms with E-state index in [4.69, 9.17) is 6.58 Å². The van der Waals surface area contributed by atoms with Crippen LogP contribution in [-0.2, 0) is 0 Å². The number of rotatable bonds is 4. The Balaban J connectivity index is 2.81. The second-order valence-corrected chi connectivity index (χ2v) is 2.56. The van der Waals surface area contributed by atoms with Crippen molar-refractivity contribution in [3.63, 3.8) is 0 Å². The molecule has 0 saturated heterocycles. The van der Waals surface area contributed by atoms with Gasteiger partial charge in [0.05, 0.1) is 0 Å². The molecule has 0 amide bonds. The number of allylic oxidation sites excluding steroid dienone is 1. The maximum absolute atomic E-state index is 5.19. The van der Waals surface area contributed by atoms with Gasteiger partial charge in [0.2, 0.25) is 0 Å². The van der Waals surface area contributed by atoms with E-state index < -0.39 is 0 Å². The van der Waals surface area contributed by atoms with Crippen molar-refractivity contribution in [2.45, 2.75) is 33.1 Å². The molecule has 0 rings (SSSR count). The van der Waals surface area contributed by atoms with Crippen LogP contribution in [0.5, 0.6) is 0 Å². The average Bonchev–Trinajstić information content (AvgIpc) is 1.66. The zero-order valence-corrected chi connectivity index (χ0v) is 5.85. The maximum Gasteiger partial charge on any atom is -0.0348 e. The van der Waals surface area contributed by atoms with Crippen molar-refractivity contribution < 1.29 is 0 Å². The number of hydrogen-bond donors (Lipinski definition) is 0. The Morgan fingerprint density at radius 1 is 1.50 bits per heavy atom. The predicted octanol–water partition coefficient (Wildman–Crippen LogP) is 2.80. The fraction of sp³-hybridized carbons (Fsp3) is 0.750. The molecular weight excluding hydrogens is 96.1 g/mol. The van der Waals surface area contributed by atoms with Gasteiger partial charge in [-0.15, -0.1) is 0 Å². The summed E-state index contributed by atoms with van der Waals surface area (Å²) in [4.78, 5) is 0. The van der Waals surface area contributed by atoms with Crippen LogP contribution < -0.4 is 0 Å². The van der Waals surface area contributed by atoms with E-state index in [0.29, 0.717) is 0 Å². The van der Waals surface area contributed by atoms with Crippen LogP contribution in [0.4, 0.5) is 0 Å². The summed E-state index contributed by atoms with van der Waals surface area (Å²) in [7, 11) is 0. The van der Waals surface area contributed by atoms with Crippen molar-refractivity contribution in [1.29, 1.82) is 0 Å². The second-order valence-electron chi connectivity index (χ2n) is 2.56. The van der Waals surface area contributed by atoms with Gasteiger partial charge in [-0.25, -0.2) is 0 Å². The first-order chi connectivity index (χ1) is 3.77. The molecule has 0 heteroatoms. The molecule has 0 aliphatic carbocycles. The summed E-state index contributed by atoms with van der Waals surface area (Å²) in [6.07, 6.45) is 5.35. The van der Waals surface area contributed by atoms with Crippen molar-refractivity contribution >= 4 is 0 Å². The van der Waals surface area contributed by atoms with Crippen LogP contribution in [0.15, 0.2) is 6.08 Å². The lowest BCUT2D eigenvalue weighted by Gasteiger charge is -1.99. The van der Waals surface area contributed by atoms with Gasteiger partial charge in [0, 0.05) is 0 Å². The molecule has 0 saturated carbocycles. The topological polar surface area (TPSA) is 0 Å². The van der Waals surface area contributed by atoms with Gasteiger partial charge in [0.25, 0.3) is 0 Å². The molecule has 0 aromatic carbocycles. The monoisotopic (exact) mass is 111 g/mol. The summed E-state index contributed by atoms with van der Waals surface area (Å²) < 4.78 is 0. The van der Waals surface area contributed by atoms with Gasteiger partial charge in [-0.1, -0.05) is 32.9 Å². The molecular formula is C8H15. The smallest absolute Gasteiger partial charge is 0.0348 e. The van der Waals surface area contributed by atoms with Crippen molar-refractivity contribution in [3.05, 3.63) is 12.7 Å². The molecule has 0 aliphatic heterocycles. The quantitative estimate of drug-likeness (QED) is 0.489. The molecule has 0 heterocycles. The summed E-state index contributed by atoms with van der Waals surface area (Å²) in [6, 6.07) is 0. The third kappa shape index (κ3) is 5.74. The van der Waals surface area contributed by atoms with Gasteiger partial charge in [-0.3, -0.25) is 0 Å². The van der Waals surface area contributed by atoms with E-state index in [0.717, 1.165) is 12.3 Å². The lowest BCUT2D eigenvalue weighted by atomic mass is 10.1. The highest BCUT2D eigenvalue weighted by molar-refractivity contribution is 4.62. The Labute approximate surface area is 52.6 Å². The molecule has 0 aromatic heterocycles. The first-order valence-corrected chi connectivity index (χ1v) is 3.30. The lowest BCUT2D eigenvalue weighted by Crippen LogP contribution is -1.84. The van der Waals surface area contributed by atoms with E-state index in [-0.39, 0.29) is 0 Å². The van der Waals surface area contributed by atoms with Crippen molar-refractivity contribution in [2.24, 2.45) is 5.92 Å². The summed E-state index contributed by atoms with van der Waals surface area (Å²) in [6.45, 7) is 9.66. The SMILES string of the molecule is [CH]=CCCCC(C)C. The number of hydrogen-bond acceptors (Lipinski definition) is 0. The third-order valence-corrected chi connectivity index (χ3v) is 1.15. The van der Waals surface area contributed by atoms with Gasteiger partial charge in [-0.05, 0) is 18.8 Å². The molecule has 0 N–H and O–H groups in total. The van der Waals surface area contributed by atoms with E-state index >= 15 is 0 Å². The van der Waals surface area contributed by atoms with E-state index in [1.807, 2.05) is 0 Å². The molecule has 0 nitrogen and oxygen atoms in total. The molecule has 0 bridgehead atoms. The highest BCUT2D eigenvalue weighted by Gasteiger charge is 1.89. The van der Waals surface area contributed by atoms with Crippen LogP contribution in [-0.4, -0.2) is 0 Å². The highest BCUT2D eigenvalue weighted by Crippen LogP contribution is 2.05. The first-order valence-electron chi connectivity index (χ1n) is 3.30. The summed E-state index contributed by atoms with van der Waals surface area (Å²) in [5, 5.41) is 0. The van der Waals surface area contributed by atoms with Crippen molar-refractivity contribution in [2.75, 3.05) is 0 Å². The van der Waals surface area contributed by atoms with Gasteiger partial charge in [-0.2, -0.15) is 0 Å². The van der Waals surface area contributed by atoms with E-state index in [1.54, 1.807) is 6.08 Å². The van der Waals surface area contributed by atoms with Crippen LogP contribution in [0.25, 0.3) is 0 Å². The summed E-state index contributed by atoms with van der Waals surface area (Å²) >= 11 is 0. The zero-order valence-electron chi connectivity index (χ0n) is 5.85. The molecule has 0 aromatic rings. The Hall–Kier alpha value is -0.260. The molecule has 0 atom stereocenters. The lowest BCUT2D eigenvalue weighted by molar-refractivity contribution is 0.560. The normalized spacial score (nSPS) is 9.88. The molecule has 1 radical (unpaired) electrons. The van der Waals surface area contributed by atoms with Gasteiger partial charge < -0.3 is 0 Å². The Morgan fingerprint density at radius 2 is 2.12 bits per heavy atom. The van der Waals surface area contributed by atoms with Crippen molar-refractivity contribution in [3.8, 4) is 0 Å². The predicted molar refractivity (Wildman–Crippen MR) is 37.6 cm³/mol. The zero-order chi connectivity index (χ0) is 6.41. The van der Waals surface area contributed by atoms with E-state index in [1.165, 1.54) is 12.8 Å². The minimum absolute atomic E-state index is 0.829. The summed E-state index contributed by atoms with van der Waals surface area (Å²) in [5.41, 5.74) is 0. The minimum atomic E-state index is 0.829. The van der Waals surface area contributed by atoms with Crippen LogP contribution in [0.1, 0.15) is 33.1 Å². The van der Waals surface area contributed by atoms with Gasteiger partial charge in [0.15, 0.2) is 0 Å². The van der Waals surface area contributed by atoms with E-state index in [2.05, 4.69) is 13.8 Å². The van der Waals surface area contributed by atoms with Gasteiger partial charge in [0.1, 0.15) is 0 Å². The molecule has 0 spiro atoms. The Bertz CT molecular complexity index is 53.1. The maximum atomic E-state index is 5.19. The minimum Gasteiger partial charge on any atom is -0.0845 e. The molecule has 0 aliphatic rings. The molecule has 0 fully saturated rings. The van der Waals surface area contributed by atoms with E-state index in [9.17, 15) is 0 Å². The highest BCUT2D eigenvalue weighted by atomic mass is 14.0. The second kappa shape index (κ2) is 4.89. The van der Waals surface area contributed by atoms with Crippen LogP contribution >= 0.6 is 0 Å². The Kier molecular flexibility index (Phi) is 4.73. The van der Waals surface area contributed by atoms with Crippen LogP contribution in [0.3, 0.4) is 0 Å². The molecule has 47 valence electrons. The molecule has 8 heavy (non-hydrogen) atoms. The standard InChI is InChI=1S/C8H15/c1-4-5-6-7-8(2)3/h1,4,8H,5-7H2,2-3H3. The fourth-order valence-corrected chi connectivity index (χ4v) is 0.644.